The third-order valence-corrected chi connectivity index (χ3v) is 7.66. The summed E-state index contributed by atoms with van der Waals surface area (Å²) in [6, 6.07) is 10.2. The minimum absolute atomic E-state index is 0.655. The fourth-order valence-electron chi connectivity index (χ4n) is 3.30. The van der Waals surface area contributed by atoms with Gasteiger partial charge in [0.1, 0.15) is 4.75 Å². The predicted molar refractivity (Wildman–Crippen MR) is 139 cm³/mol. The largest absolute Gasteiger partial charge is 0.480 e. The molecule has 10 heteroatoms. The number of anilines is 1. The molecular formula is C25H28N6O2S2. The number of aromatic nitrogens is 5. The van der Waals surface area contributed by atoms with Gasteiger partial charge in [-0.15, -0.1) is 11.3 Å². The first-order chi connectivity index (χ1) is 16.8. The number of aliphatic carboxylic acids is 1. The molecule has 0 saturated carbocycles. The van der Waals surface area contributed by atoms with E-state index in [-0.39, 0.29) is 0 Å². The second-order valence-corrected chi connectivity index (χ2v) is 11.3. The van der Waals surface area contributed by atoms with Crippen LogP contribution in [0, 0.1) is 0 Å². The van der Waals surface area contributed by atoms with Gasteiger partial charge in [-0.1, -0.05) is 30.8 Å². The van der Waals surface area contributed by atoms with Gasteiger partial charge in [0.15, 0.2) is 4.34 Å². The Morgan fingerprint density at radius 2 is 1.91 bits per heavy atom. The molecule has 4 aromatic rings. The second-order valence-electron chi connectivity index (χ2n) is 8.56. The highest BCUT2D eigenvalue weighted by Gasteiger charge is 2.29. The number of thiazole rings is 1. The Kier molecular flexibility index (Phi) is 7.82. The van der Waals surface area contributed by atoms with Gasteiger partial charge in [-0.05, 0) is 49.6 Å². The van der Waals surface area contributed by atoms with Gasteiger partial charge >= 0.3 is 5.97 Å². The van der Waals surface area contributed by atoms with E-state index in [1.165, 1.54) is 23.1 Å². The number of aryl methyl sites for hydroxylation is 1. The maximum absolute atomic E-state index is 11.4. The highest BCUT2D eigenvalue weighted by atomic mass is 32.2. The van der Waals surface area contributed by atoms with E-state index in [4.69, 9.17) is 0 Å². The Balaban J connectivity index is 1.48. The molecule has 0 saturated heterocycles. The number of carboxylic acid groups (broad SMARTS) is 1. The molecule has 35 heavy (non-hydrogen) atoms. The first kappa shape index (κ1) is 24.9. The SMILES string of the molecule is CCc1cnc(N(CCc2csc(SC(C)(C)C(=O)O)n2)Cc2ccc(-n3cccn3)cc2)nc1. The van der Waals surface area contributed by atoms with Crippen molar-refractivity contribution in [2.45, 2.75) is 49.2 Å². The quantitative estimate of drug-likeness (QED) is 0.286. The molecule has 0 spiro atoms. The monoisotopic (exact) mass is 508 g/mol. The smallest absolute Gasteiger partial charge is 0.319 e. The third-order valence-electron chi connectivity index (χ3n) is 5.49. The molecule has 0 aliphatic rings. The normalized spacial score (nSPS) is 11.5. The first-order valence-corrected chi connectivity index (χ1v) is 13.1. The van der Waals surface area contributed by atoms with E-state index in [2.05, 4.69) is 56.1 Å². The standard InChI is InChI=1S/C25H28N6O2S2/c1-4-18-14-26-23(27-15-18)30(16-19-6-8-21(9-7-19)31-12-5-11-28-31)13-10-20-17-34-24(29-20)35-25(2,3)22(32)33/h5-9,11-12,14-15,17H,4,10,13,16H2,1-3H3,(H,32,33). The van der Waals surface area contributed by atoms with Crippen molar-refractivity contribution < 1.29 is 9.90 Å². The topological polar surface area (TPSA) is 97.0 Å². The molecule has 3 aromatic heterocycles. The zero-order chi connectivity index (χ0) is 24.8. The van der Waals surface area contributed by atoms with Crippen molar-refractivity contribution in [3.63, 3.8) is 0 Å². The Labute approximate surface area is 213 Å². The summed E-state index contributed by atoms with van der Waals surface area (Å²) < 4.78 is 1.67. The number of hydrogen-bond acceptors (Lipinski definition) is 8. The summed E-state index contributed by atoms with van der Waals surface area (Å²) in [6.45, 7) is 6.81. The van der Waals surface area contributed by atoms with E-state index in [0.29, 0.717) is 25.5 Å². The molecule has 8 nitrogen and oxygen atoms in total. The molecule has 0 atom stereocenters. The van der Waals surface area contributed by atoms with Gasteiger partial charge in [0.2, 0.25) is 5.95 Å². The van der Waals surface area contributed by atoms with Crippen molar-refractivity contribution in [1.82, 2.24) is 24.7 Å². The average molecular weight is 509 g/mol. The Bertz CT molecular complexity index is 1240. The van der Waals surface area contributed by atoms with Crippen molar-refractivity contribution in [2.24, 2.45) is 0 Å². The van der Waals surface area contributed by atoms with Gasteiger partial charge in [0, 0.05) is 49.7 Å². The van der Waals surface area contributed by atoms with Crippen LogP contribution in [0.25, 0.3) is 5.69 Å². The Morgan fingerprint density at radius 3 is 2.54 bits per heavy atom. The Hall–Kier alpha value is -3.24. The molecular weight excluding hydrogens is 480 g/mol. The predicted octanol–water partition coefficient (Wildman–Crippen LogP) is 4.89. The summed E-state index contributed by atoms with van der Waals surface area (Å²) in [7, 11) is 0. The van der Waals surface area contributed by atoms with E-state index in [9.17, 15) is 9.90 Å². The molecule has 1 aromatic carbocycles. The fourth-order valence-corrected chi connectivity index (χ4v) is 5.53. The van der Waals surface area contributed by atoms with Gasteiger partial charge in [0.05, 0.1) is 11.4 Å². The molecule has 0 bridgehead atoms. The summed E-state index contributed by atoms with van der Waals surface area (Å²) in [5.41, 5.74) is 4.18. The van der Waals surface area contributed by atoms with E-state index in [1.54, 1.807) is 20.0 Å². The van der Waals surface area contributed by atoms with E-state index in [0.717, 1.165) is 33.3 Å². The third kappa shape index (κ3) is 6.46. The second kappa shape index (κ2) is 11.0. The number of benzene rings is 1. The van der Waals surface area contributed by atoms with Crippen LogP contribution < -0.4 is 4.90 Å². The van der Waals surface area contributed by atoms with Crippen molar-refractivity contribution in [1.29, 1.82) is 0 Å². The minimum Gasteiger partial charge on any atom is -0.480 e. The molecule has 0 amide bonds. The molecule has 1 N–H and O–H groups in total. The summed E-state index contributed by atoms with van der Waals surface area (Å²) in [4.78, 5) is 27.5. The molecule has 3 heterocycles. The van der Waals surface area contributed by atoms with E-state index < -0.39 is 10.7 Å². The van der Waals surface area contributed by atoms with Gasteiger partial charge in [0.25, 0.3) is 0 Å². The number of rotatable bonds is 11. The number of hydrogen-bond donors (Lipinski definition) is 1. The van der Waals surface area contributed by atoms with Crippen molar-refractivity contribution in [2.75, 3.05) is 11.4 Å². The highest BCUT2D eigenvalue weighted by molar-refractivity contribution is 8.03. The summed E-state index contributed by atoms with van der Waals surface area (Å²) >= 11 is 2.76. The molecule has 0 aliphatic carbocycles. The van der Waals surface area contributed by atoms with Crippen LogP contribution in [0.5, 0.6) is 0 Å². The fraction of sp³-hybridized carbons (Fsp3) is 0.320. The van der Waals surface area contributed by atoms with Gasteiger partial charge < -0.3 is 10.0 Å². The van der Waals surface area contributed by atoms with Gasteiger partial charge in [-0.2, -0.15) is 5.10 Å². The van der Waals surface area contributed by atoms with Crippen molar-refractivity contribution in [3.05, 3.63) is 77.3 Å². The molecule has 0 fully saturated rings. The van der Waals surface area contributed by atoms with Gasteiger partial charge in [-0.3, -0.25) is 4.79 Å². The Morgan fingerprint density at radius 1 is 1.17 bits per heavy atom. The number of thioether (sulfide) groups is 1. The number of carbonyl (C=O) groups is 1. The van der Waals surface area contributed by atoms with Crippen LogP contribution >= 0.6 is 23.1 Å². The van der Waals surface area contributed by atoms with E-state index >= 15 is 0 Å². The van der Waals surface area contributed by atoms with Crippen LogP contribution in [-0.2, 0) is 24.2 Å². The zero-order valence-corrected chi connectivity index (χ0v) is 21.6. The number of nitrogens with zero attached hydrogens (tertiary/aromatic N) is 6. The van der Waals surface area contributed by atoms with Crippen molar-refractivity contribution >= 4 is 35.0 Å². The van der Waals surface area contributed by atoms with E-state index in [1.807, 2.05) is 34.7 Å². The molecule has 0 unspecified atom stereocenters. The highest BCUT2D eigenvalue weighted by Crippen LogP contribution is 2.34. The van der Waals surface area contributed by atoms with Crippen LogP contribution in [-0.4, -0.2) is 47.1 Å². The van der Waals surface area contributed by atoms with Crippen LogP contribution in [0.15, 0.2) is 64.8 Å². The number of carboxylic acids is 1. The van der Waals surface area contributed by atoms with Crippen LogP contribution in [0.4, 0.5) is 5.95 Å². The molecule has 0 aliphatic heterocycles. The maximum Gasteiger partial charge on any atom is 0.319 e. The summed E-state index contributed by atoms with van der Waals surface area (Å²) in [5, 5.41) is 15.7. The van der Waals surface area contributed by atoms with Crippen LogP contribution in [0.1, 0.15) is 37.6 Å². The lowest BCUT2D eigenvalue weighted by molar-refractivity contribution is -0.138. The zero-order valence-electron chi connectivity index (χ0n) is 20.0. The first-order valence-electron chi connectivity index (χ1n) is 11.4. The van der Waals surface area contributed by atoms with Crippen LogP contribution in [0.3, 0.4) is 0 Å². The van der Waals surface area contributed by atoms with Crippen LogP contribution in [0.2, 0.25) is 0 Å². The van der Waals surface area contributed by atoms with Gasteiger partial charge in [-0.25, -0.2) is 19.6 Å². The average Bonchev–Trinajstić information content (AvgIpc) is 3.54. The lowest BCUT2D eigenvalue weighted by atomic mass is 10.2. The lowest BCUT2D eigenvalue weighted by Gasteiger charge is -2.22. The van der Waals surface area contributed by atoms with Crippen molar-refractivity contribution in [3.8, 4) is 5.69 Å². The molecule has 4 rings (SSSR count). The molecule has 182 valence electrons. The molecule has 0 radical (unpaired) electrons. The lowest BCUT2D eigenvalue weighted by Crippen LogP contribution is -2.27. The maximum atomic E-state index is 11.4. The summed E-state index contributed by atoms with van der Waals surface area (Å²) in [6.07, 6.45) is 9.03. The minimum atomic E-state index is -0.918. The summed E-state index contributed by atoms with van der Waals surface area (Å²) in [5.74, 6) is -0.174.